The van der Waals surface area contributed by atoms with E-state index in [0.717, 1.165) is 16.4 Å². The van der Waals surface area contributed by atoms with Crippen LogP contribution in [-0.4, -0.2) is 34.5 Å². The molecule has 0 aliphatic heterocycles. The van der Waals surface area contributed by atoms with Gasteiger partial charge in [-0.15, -0.1) is 0 Å². The Morgan fingerprint density at radius 1 is 1.03 bits per heavy atom. The van der Waals surface area contributed by atoms with Gasteiger partial charge in [0, 0.05) is 31.9 Å². The second-order valence-corrected chi connectivity index (χ2v) is 9.93. The zero-order valence-corrected chi connectivity index (χ0v) is 20.1. The van der Waals surface area contributed by atoms with Gasteiger partial charge in [0.05, 0.1) is 12.4 Å². The van der Waals surface area contributed by atoms with E-state index >= 15 is 0 Å². The molecule has 3 aromatic rings. The summed E-state index contributed by atoms with van der Waals surface area (Å²) in [6.45, 7) is 3.97. The first-order valence-electron chi connectivity index (χ1n) is 10.8. The van der Waals surface area contributed by atoms with Crippen LogP contribution in [0.4, 0.5) is 0 Å². The van der Waals surface area contributed by atoms with E-state index in [4.69, 9.17) is 4.18 Å². The lowest BCUT2D eigenvalue weighted by atomic mass is 10.1. The lowest BCUT2D eigenvalue weighted by molar-refractivity contribution is 0.215. The molecule has 0 bridgehead atoms. The lowest BCUT2D eigenvalue weighted by Crippen LogP contribution is -2.42. The van der Waals surface area contributed by atoms with Crippen LogP contribution in [0.1, 0.15) is 37.4 Å². The Morgan fingerprint density at radius 3 is 2.33 bits per heavy atom. The third-order valence-corrected chi connectivity index (χ3v) is 6.23. The fourth-order valence-corrected chi connectivity index (χ4v) is 4.70. The molecule has 1 atom stereocenters. The molecular formula is C23H29N3O6S. The molecule has 1 aromatic carbocycles. The summed E-state index contributed by atoms with van der Waals surface area (Å²) in [6, 6.07) is 11.0. The minimum atomic E-state index is -3.54. The summed E-state index contributed by atoms with van der Waals surface area (Å²) in [6.07, 6.45) is 1.97. The van der Waals surface area contributed by atoms with E-state index in [1.807, 2.05) is 34.9 Å². The maximum absolute atomic E-state index is 13.2. The number of nitrogens with zero attached hydrogens (tertiary/aromatic N) is 3. The molecule has 0 spiro atoms. The van der Waals surface area contributed by atoms with E-state index in [-0.39, 0.29) is 11.9 Å². The van der Waals surface area contributed by atoms with Crippen molar-refractivity contribution < 1.29 is 12.6 Å². The number of unbranched alkanes of at least 4 members (excludes halogenated alkanes) is 1. The Morgan fingerprint density at radius 2 is 1.70 bits per heavy atom. The highest BCUT2D eigenvalue weighted by Gasteiger charge is 2.18. The summed E-state index contributed by atoms with van der Waals surface area (Å²) in [4.78, 5) is 39.0. The number of rotatable bonds is 9. The Balaban J connectivity index is 1.95. The minimum absolute atomic E-state index is 0.0209. The van der Waals surface area contributed by atoms with Crippen LogP contribution in [0.3, 0.4) is 0 Å². The first-order chi connectivity index (χ1) is 15.5. The predicted octanol–water partition coefficient (Wildman–Crippen LogP) is 1.75. The molecule has 9 nitrogen and oxygen atoms in total. The number of hydrogen-bond acceptors (Lipinski definition) is 6. The molecule has 0 saturated carbocycles. The normalized spacial score (nSPS) is 12.8. The van der Waals surface area contributed by atoms with Crippen molar-refractivity contribution in [2.45, 2.75) is 52.3 Å². The summed E-state index contributed by atoms with van der Waals surface area (Å²) in [7, 11) is -1.98. The summed E-state index contributed by atoms with van der Waals surface area (Å²) in [5, 5.41) is -0.0209. The van der Waals surface area contributed by atoms with Crippen molar-refractivity contribution in [1.82, 2.24) is 13.7 Å². The zero-order valence-electron chi connectivity index (χ0n) is 19.3. The van der Waals surface area contributed by atoms with Crippen LogP contribution in [0.5, 0.6) is 0 Å². The second kappa shape index (κ2) is 9.88. The fraction of sp³-hybridized carbons (Fsp3) is 0.435. The van der Waals surface area contributed by atoms with Crippen molar-refractivity contribution in [1.29, 1.82) is 0 Å². The summed E-state index contributed by atoms with van der Waals surface area (Å²) < 4.78 is 31.5. The van der Waals surface area contributed by atoms with Crippen molar-refractivity contribution in [2.24, 2.45) is 7.05 Å². The molecule has 178 valence electrons. The van der Waals surface area contributed by atoms with Crippen LogP contribution in [0.15, 0.2) is 50.8 Å². The van der Waals surface area contributed by atoms with E-state index in [1.54, 1.807) is 20.9 Å². The van der Waals surface area contributed by atoms with Crippen LogP contribution in [0, 0.1) is 6.92 Å². The molecule has 0 saturated heterocycles. The van der Waals surface area contributed by atoms with Gasteiger partial charge in [-0.1, -0.05) is 30.3 Å². The molecule has 1 unspecified atom stereocenters. The number of aryl methyl sites for hydroxylation is 2. The van der Waals surface area contributed by atoms with Crippen LogP contribution in [-0.2, 0) is 34.4 Å². The highest BCUT2D eigenvalue weighted by atomic mass is 32.2. The van der Waals surface area contributed by atoms with Gasteiger partial charge in [0.15, 0.2) is 5.43 Å². The molecule has 0 aliphatic rings. The van der Waals surface area contributed by atoms with Gasteiger partial charge < -0.3 is 4.57 Å². The summed E-state index contributed by atoms with van der Waals surface area (Å²) >= 11 is 0. The van der Waals surface area contributed by atoms with Crippen molar-refractivity contribution in [3.05, 3.63) is 78.7 Å². The maximum atomic E-state index is 13.2. The smallest absolute Gasteiger partial charge is 0.326 e. The molecule has 3 rings (SSSR count). The predicted molar refractivity (Wildman–Crippen MR) is 127 cm³/mol. The molecule has 33 heavy (non-hydrogen) atoms. The minimum Gasteiger partial charge on any atom is -0.326 e. The molecule has 10 heteroatoms. The van der Waals surface area contributed by atoms with Crippen LogP contribution < -0.4 is 16.7 Å². The quantitative estimate of drug-likeness (QED) is 0.345. The molecule has 2 heterocycles. The number of pyridine rings is 1. The van der Waals surface area contributed by atoms with Crippen molar-refractivity contribution in [2.75, 3.05) is 6.26 Å². The Labute approximate surface area is 192 Å². The summed E-state index contributed by atoms with van der Waals surface area (Å²) in [5.74, 6) is 0. The van der Waals surface area contributed by atoms with E-state index in [1.165, 1.54) is 10.6 Å². The van der Waals surface area contributed by atoms with Crippen LogP contribution in [0.25, 0.3) is 11.0 Å². The molecule has 0 fully saturated rings. The Bertz CT molecular complexity index is 1440. The van der Waals surface area contributed by atoms with Gasteiger partial charge in [-0.05, 0) is 38.7 Å². The van der Waals surface area contributed by atoms with E-state index < -0.39 is 32.9 Å². The van der Waals surface area contributed by atoms with E-state index in [2.05, 4.69) is 0 Å². The van der Waals surface area contributed by atoms with Gasteiger partial charge in [0.2, 0.25) is 0 Å². The highest BCUT2D eigenvalue weighted by Crippen LogP contribution is 2.12. The van der Waals surface area contributed by atoms with Gasteiger partial charge in [-0.25, -0.2) is 4.79 Å². The van der Waals surface area contributed by atoms with Gasteiger partial charge in [-0.2, -0.15) is 8.42 Å². The van der Waals surface area contributed by atoms with Crippen LogP contribution in [0.2, 0.25) is 0 Å². The average molecular weight is 476 g/mol. The van der Waals surface area contributed by atoms with Crippen molar-refractivity contribution >= 4 is 21.2 Å². The van der Waals surface area contributed by atoms with E-state index in [0.29, 0.717) is 37.1 Å². The first-order valence-corrected chi connectivity index (χ1v) is 12.6. The van der Waals surface area contributed by atoms with Gasteiger partial charge >= 0.3 is 5.69 Å². The number of fused-ring (bicyclic) bond motifs is 1. The summed E-state index contributed by atoms with van der Waals surface area (Å²) in [5.41, 5.74) is 0.401. The third-order valence-electron chi connectivity index (χ3n) is 5.55. The van der Waals surface area contributed by atoms with Crippen molar-refractivity contribution in [3.8, 4) is 0 Å². The largest absolute Gasteiger partial charge is 0.332 e. The number of hydrogen-bond donors (Lipinski definition) is 0. The second-order valence-electron chi connectivity index (χ2n) is 8.33. The molecule has 0 N–H and O–H groups in total. The molecule has 0 amide bonds. The number of aromatic nitrogens is 3. The molecule has 0 radical (unpaired) electrons. The monoisotopic (exact) mass is 475 g/mol. The Kier molecular flexibility index (Phi) is 7.38. The van der Waals surface area contributed by atoms with Crippen LogP contribution >= 0.6 is 0 Å². The molecule has 2 aromatic heterocycles. The lowest BCUT2D eigenvalue weighted by Gasteiger charge is -2.18. The maximum Gasteiger partial charge on any atom is 0.332 e. The SMILES string of the molecule is Cc1cc(=O)c2c(=O)n(CCCCC(C)OS(C)(=O)=O)c(=O)n(C)c2n1Cc1ccccc1. The molecular weight excluding hydrogens is 446 g/mol. The fourth-order valence-electron chi connectivity index (χ4n) is 4.01. The van der Waals surface area contributed by atoms with E-state index in [9.17, 15) is 22.8 Å². The van der Waals surface area contributed by atoms with Gasteiger partial charge in [0.25, 0.3) is 15.7 Å². The Hall–Kier alpha value is -2.98. The average Bonchev–Trinajstić information content (AvgIpc) is 2.72. The third kappa shape index (κ3) is 5.69. The van der Waals surface area contributed by atoms with Gasteiger partial charge in [0.1, 0.15) is 11.0 Å². The number of benzene rings is 1. The topological polar surface area (TPSA) is 109 Å². The highest BCUT2D eigenvalue weighted by molar-refractivity contribution is 7.86. The van der Waals surface area contributed by atoms with Gasteiger partial charge in [-0.3, -0.25) is 22.9 Å². The molecule has 0 aliphatic carbocycles. The first kappa shape index (κ1) is 24.7. The standard InChI is InChI=1S/C23H29N3O6S/c1-16-14-19(27)20-21(26(16)15-18-11-6-5-7-12-18)24(3)23(29)25(22(20)28)13-9-8-10-17(2)32-33(4,30)31/h5-7,11-12,14,17H,8-10,13,15H2,1-4H3. The zero-order chi connectivity index (χ0) is 24.3. The van der Waals surface area contributed by atoms with Crippen molar-refractivity contribution in [3.63, 3.8) is 0 Å².